The minimum Gasteiger partial charge on any atom is -0.350 e. The summed E-state index contributed by atoms with van der Waals surface area (Å²) in [7, 11) is 1.73. The van der Waals surface area contributed by atoms with Crippen LogP contribution in [0.3, 0.4) is 0 Å². The average molecular weight is 273 g/mol. The maximum Gasteiger partial charge on any atom is 0.246 e. The van der Waals surface area contributed by atoms with Crippen LogP contribution in [-0.4, -0.2) is 23.1 Å². The van der Waals surface area contributed by atoms with Crippen LogP contribution in [0.4, 0.5) is 0 Å². The maximum absolute atomic E-state index is 5.04. The van der Waals surface area contributed by atoms with E-state index in [1.807, 2.05) is 18.2 Å². The van der Waals surface area contributed by atoms with Gasteiger partial charge >= 0.3 is 0 Å². The van der Waals surface area contributed by atoms with Gasteiger partial charge in [0.25, 0.3) is 0 Å². The van der Waals surface area contributed by atoms with Gasteiger partial charge in [-0.3, -0.25) is 4.99 Å². The molecule has 6 heteroatoms. The topological polar surface area (TPSA) is 75.3 Å². The number of nitrogens with zero attached hydrogens (tertiary/aromatic N) is 3. The number of aliphatic imine (C=N–C) groups is 1. The molecule has 0 aliphatic rings. The van der Waals surface area contributed by atoms with Gasteiger partial charge in [-0.25, -0.2) is 0 Å². The second-order valence-corrected chi connectivity index (χ2v) is 4.44. The lowest BCUT2D eigenvalue weighted by Crippen LogP contribution is -2.38. The van der Waals surface area contributed by atoms with Crippen molar-refractivity contribution in [1.82, 2.24) is 20.8 Å². The molecule has 0 saturated heterocycles. The van der Waals surface area contributed by atoms with Gasteiger partial charge in [0.15, 0.2) is 11.8 Å². The first-order valence-electron chi connectivity index (χ1n) is 6.50. The van der Waals surface area contributed by atoms with Crippen LogP contribution in [-0.2, 0) is 6.54 Å². The SMILES string of the molecule is CN=C(NCc1nc(C)no1)NC(C)c1ccccc1. The summed E-state index contributed by atoms with van der Waals surface area (Å²) < 4.78 is 5.04. The van der Waals surface area contributed by atoms with E-state index in [1.165, 1.54) is 5.56 Å². The molecular formula is C14H19N5O. The summed E-state index contributed by atoms with van der Waals surface area (Å²) in [4.78, 5) is 8.31. The Labute approximate surface area is 118 Å². The van der Waals surface area contributed by atoms with Crippen molar-refractivity contribution in [2.75, 3.05) is 7.05 Å². The summed E-state index contributed by atoms with van der Waals surface area (Å²) in [6, 6.07) is 10.3. The normalized spacial score (nSPS) is 13.1. The molecular weight excluding hydrogens is 254 g/mol. The first-order chi connectivity index (χ1) is 9.69. The van der Waals surface area contributed by atoms with E-state index in [-0.39, 0.29) is 6.04 Å². The van der Waals surface area contributed by atoms with Crippen LogP contribution in [0, 0.1) is 6.92 Å². The molecule has 0 radical (unpaired) electrons. The molecule has 1 atom stereocenters. The predicted octanol–water partition coefficient (Wildman–Crippen LogP) is 1.80. The number of aromatic nitrogens is 2. The highest BCUT2D eigenvalue weighted by Gasteiger charge is 2.08. The number of hydrogen-bond donors (Lipinski definition) is 2. The Morgan fingerprint density at radius 3 is 2.70 bits per heavy atom. The molecule has 0 spiro atoms. The number of benzene rings is 1. The van der Waals surface area contributed by atoms with Gasteiger partial charge in [-0.2, -0.15) is 4.98 Å². The van der Waals surface area contributed by atoms with Gasteiger partial charge in [0.1, 0.15) is 0 Å². The summed E-state index contributed by atoms with van der Waals surface area (Å²) in [6.45, 7) is 4.32. The number of rotatable bonds is 4. The van der Waals surface area contributed by atoms with Crippen molar-refractivity contribution in [3.05, 3.63) is 47.6 Å². The molecule has 1 unspecified atom stereocenters. The van der Waals surface area contributed by atoms with Crippen LogP contribution in [0.5, 0.6) is 0 Å². The summed E-state index contributed by atoms with van der Waals surface area (Å²) in [5.74, 6) is 1.86. The molecule has 1 aromatic heterocycles. The minimum atomic E-state index is 0.159. The fourth-order valence-corrected chi connectivity index (χ4v) is 1.80. The van der Waals surface area contributed by atoms with E-state index >= 15 is 0 Å². The van der Waals surface area contributed by atoms with Crippen molar-refractivity contribution in [1.29, 1.82) is 0 Å². The lowest BCUT2D eigenvalue weighted by Gasteiger charge is -2.17. The molecule has 0 saturated carbocycles. The zero-order valence-electron chi connectivity index (χ0n) is 11.9. The number of nitrogens with one attached hydrogen (secondary N) is 2. The Balaban J connectivity index is 1.89. The second kappa shape index (κ2) is 6.70. The lowest BCUT2D eigenvalue weighted by molar-refractivity contribution is 0.371. The molecule has 2 aromatic rings. The Morgan fingerprint density at radius 2 is 2.10 bits per heavy atom. The number of hydrogen-bond acceptors (Lipinski definition) is 4. The van der Waals surface area contributed by atoms with Crippen molar-refractivity contribution < 1.29 is 4.52 Å². The highest BCUT2D eigenvalue weighted by molar-refractivity contribution is 5.79. The Bertz CT molecular complexity index is 564. The van der Waals surface area contributed by atoms with Crippen molar-refractivity contribution in [3.8, 4) is 0 Å². The van der Waals surface area contributed by atoms with Crippen LogP contribution < -0.4 is 10.6 Å². The molecule has 106 valence electrons. The lowest BCUT2D eigenvalue weighted by atomic mass is 10.1. The molecule has 2 rings (SSSR count). The third-order valence-electron chi connectivity index (χ3n) is 2.85. The Kier molecular flexibility index (Phi) is 4.70. The fraction of sp³-hybridized carbons (Fsp3) is 0.357. The predicted molar refractivity (Wildman–Crippen MR) is 77.2 cm³/mol. The standard InChI is InChI=1S/C14H19N5O/c1-10(12-7-5-4-6-8-12)17-14(15-3)16-9-13-18-11(2)19-20-13/h4-8,10H,9H2,1-3H3,(H2,15,16,17). The van der Waals surface area contributed by atoms with Crippen LogP contribution in [0.25, 0.3) is 0 Å². The van der Waals surface area contributed by atoms with E-state index in [2.05, 4.69) is 44.8 Å². The second-order valence-electron chi connectivity index (χ2n) is 4.44. The molecule has 0 amide bonds. The maximum atomic E-state index is 5.04. The Morgan fingerprint density at radius 1 is 1.35 bits per heavy atom. The van der Waals surface area contributed by atoms with Crippen molar-refractivity contribution >= 4 is 5.96 Å². The molecule has 6 nitrogen and oxygen atoms in total. The smallest absolute Gasteiger partial charge is 0.246 e. The molecule has 2 N–H and O–H groups in total. The highest BCUT2D eigenvalue weighted by atomic mass is 16.5. The molecule has 1 aromatic carbocycles. The van der Waals surface area contributed by atoms with Gasteiger partial charge in [0, 0.05) is 7.05 Å². The molecule has 0 bridgehead atoms. The van der Waals surface area contributed by atoms with Gasteiger partial charge in [-0.05, 0) is 19.4 Å². The molecule has 0 aliphatic carbocycles. The van der Waals surface area contributed by atoms with E-state index in [4.69, 9.17) is 4.52 Å². The zero-order chi connectivity index (χ0) is 14.4. The van der Waals surface area contributed by atoms with E-state index in [9.17, 15) is 0 Å². The van der Waals surface area contributed by atoms with E-state index < -0.39 is 0 Å². The summed E-state index contributed by atoms with van der Waals surface area (Å²) in [6.07, 6.45) is 0. The first-order valence-corrected chi connectivity index (χ1v) is 6.50. The van der Waals surface area contributed by atoms with Crippen LogP contribution in [0.2, 0.25) is 0 Å². The number of guanidine groups is 1. The van der Waals surface area contributed by atoms with E-state index in [1.54, 1.807) is 14.0 Å². The van der Waals surface area contributed by atoms with E-state index in [0.717, 1.165) is 0 Å². The monoisotopic (exact) mass is 273 g/mol. The molecule has 0 aliphatic heterocycles. The average Bonchev–Trinajstić information content (AvgIpc) is 2.89. The first kappa shape index (κ1) is 14.0. The van der Waals surface area contributed by atoms with Crippen molar-refractivity contribution in [3.63, 3.8) is 0 Å². The van der Waals surface area contributed by atoms with Gasteiger partial charge in [-0.1, -0.05) is 35.5 Å². The largest absolute Gasteiger partial charge is 0.350 e. The van der Waals surface area contributed by atoms with Crippen molar-refractivity contribution in [2.24, 2.45) is 4.99 Å². The highest BCUT2D eigenvalue weighted by Crippen LogP contribution is 2.10. The summed E-state index contributed by atoms with van der Waals surface area (Å²) >= 11 is 0. The molecule has 20 heavy (non-hydrogen) atoms. The number of aryl methyl sites for hydroxylation is 1. The van der Waals surface area contributed by atoms with Gasteiger partial charge in [0.05, 0.1) is 12.6 Å². The fourth-order valence-electron chi connectivity index (χ4n) is 1.80. The van der Waals surface area contributed by atoms with E-state index in [0.29, 0.717) is 24.2 Å². The van der Waals surface area contributed by atoms with Crippen LogP contribution >= 0.6 is 0 Å². The van der Waals surface area contributed by atoms with Gasteiger partial charge in [0.2, 0.25) is 5.89 Å². The molecule has 1 heterocycles. The summed E-state index contributed by atoms with van der Waals surface area (Å²) in [5, 5.41) is 10.2. The summed E-state index contributed by atoms with van der Waals surface area (Å²) in [5.41, 5.74) is 1.20. The third kappa shape index (κ3) is 3.81. The van der Waals surface area contributed by atoms with Crippen LogP contribution in [0.15, 0.2) is 39.8 Å². The zero-order valence-corrected chi connectivity index (χ0v) is 11.9. The van der Waals surface area contributed by atoms with Crippen LogP contribution in [0.1, 0.15) is 30.2 Å². The Hall–Kier alpha value is -2.37. The van der Waals surface area contributed by atoms with Gasteiger partial charge < -0.3 is 15.2 Å². The quantitative estimate of drug-likeness (QED) is 0.656. The molecule has 0 fully saturated rings. The van der Waals surface area contributed by atoms with Crippen molar-refractivity contribution in [2.45, 2.75) is 26.4 Å². The van der Waals surface area contributed by atoms with Gasteiger partial charge in [-0.15, -0.1) is 0 Å². The third-order valence-corrected chi connectivity index (χ3v) is 2.85. The minimum absolute atomic E-state index is 0.159.